The minimum absolute atomic E-state index is 0.232. The molecule has 0 N–H and O–H groups in total. The third-order valence-corrected chi connectivity index (χ3v) is 12.5. The number of fused-ring (bicyclic) bond motifs is 9. The topological polar surface area (TPSA) is 106 Å². The molecule has 0 radical (unpaired) electrons. The standard InChI is InChI=1S/C51H24BN3O6/c1-4-10-34-31(7-1)46-49(59-34)28(13-16-53-46)25-19-37-43-38(20-25)57-40-22-27(30-15-18-55-48-33-9-3-6-12-36(33)61-51(30)48)24-42-45(40)52(43)44-39(56-37)21-26(23-41(44)58-42)29-14-17-54-47-32-8-2-5-11-35(32)60-50(29)47/h1-24H. The zero-order chi connectivity index (χ0) is 39.5. The maximum Gasteiger partial charge on any atom is 0.270 e. The van der Waals surface area contributed by atoms with E-state index in [4.69, 9.17) is 42.4 Å². The van der Waals surface area contributed by atoms with Crippen molar-refractivity contribution in [1.29, 1.82) is 0 Å². The zero-order valence-corrected chi connectivity index (χ0v) is 31.7. The highest BCUT2D eigenvalue weighted by molar-refractivity contribution is 6.99. The van der Waals surface area contributed by atoms with Gasteiger partial charge in [0.1, 0.15) is 67.8 Å². The number of aromatic nitrogens is 3. The van der Waals surface area contributed by atoms with Gasteiger partial charge in [0.2, 0.25) is 0 Å². The third kappa shape index (κ3) is 4.17. The summed E-state index contributed by atoms with van der Waals surface area (Å²) < 4.78 is 40.5. The normalized spacial score (nSPS) is 13.3. The number of hydrogen-bond donors (Lipinski definition) is 0. The van der Waals surface area contributed by atoms with E-state index in [0.717, 1.165) is 99.2 Å². The lowest BCUT2D eigenvalue weighted by atomic mass is 9.33. The summed E-state index contributed by atoms with van der Waals surface area (Å²) in [6.07, 6.45) is 5.48. The Morgan fingerprint density at radius 1 is 0.344 bits per heavy atom. The van der Waals surface area contributed by atoms with Crippen LogP contribution in [0.2, 0.25) is 0 Å². The van der Waals surface area contributed by atoms with Crippen LogP contribution in [-0.4, -0.2) is 21.7 Å². The molecule has 15 rings (SSSR count). The highest BCUT2D eigenvalue weighted by Crippen LogP contribution is 2.48. The second-order valence-electron chi connectivity index (χ2n) is 15.8. The molecular weight excluding hydrogens is 761 g/mol. The van der Waals surface area contributed by atoms with Gasteiger partial charge in [0, 0.05) is 67.8 Å². The van der Waals surface area contributed by atoms with E-state index >= 15 is 0 Å². The van der Waals surface area contributed by atoms with Crippen LogP contribution >= 0.6 is 0 Å². The van der Waals surface area contributed by atoms with Crippen LogP contribution in [0.5, 0.6) is 34.5 Å². The zero-order valence-electron chi connectivity index (χ0n) is 31.7. The van der Waals surface area contributed by atoms with Crippen molar-refractivity contribution >= 4 is 89.3 Å². The first-order valence-electron chi connectivity index (χ1n) is 20.1. The average molecular weight is 786 g/mol. The molecule has 0 bridgehead atoms. The van der Waals surface area contributed by atoms with Crippen molar-refractivity contribution < 1.29 is 27.5 Å². The average Bonchev–Trinajstić information content (AvgIpc) is 4.00. The molecule has 0 unspecified atom stereocenters. The molecule has 3 aliphatic rings. The molecule has 6 aromatic heterocycles. The molecule has 10 heteroatoms. The lowest BCUT2D eigenvalue weighted by molar-refractivity contribution is 0.443. The molecular formula is C51H24BN3O6. The molecule has 0 saturated carbocycles. The molecule has 0 saturated heterocycles. The van der Waals surface area contributed by atoms with Crippen LogP contribution in [0.4, 0.5) is 0 Å². The van der Waals surface area contributed by atoms with Gasteiger partial charge in [0.15, 0.2) is 16.7 Å². The summed E-state index contributed by atoms with van der Waals surface area (Å²) in [4.78, 5) is 14.2. The van der Waals surface area contributed by atoms with E-state index in [2.05, 4.69) is 36.4 Å². The minimum Gasteiger partial charge on any atom is -0.458 e. The molecule has 12 aromatic rings. The Morgan fingerprint density at radius 3 is 0.951 bits per heavy atom. The first-order chi connectivity index (χ1) is 30.2. The molecule has 0 amide bonds. The van der Waals surface area contributed by atoms with Crippen molar-refractivity contribution in [1.82, 2.24) is 15.0 Å². The lowest BCUT2D eigenvalue weighted by Gasteiger charge is -2.38. The van der Waals surface area contributed by atoms with E-state index < -0.39 is 0 Å². The van der Waals surface area contributed by atoms with Crippen LogP contribution in [0.25, 0.3) is 99.6 Å². The molecule has 9 nitrogen and oxygen atoms in total. The third-order valence-electron chi connectivity index (χ3n) is 12.5. The van der Waals surface area contributed by atoms with E-state index in [1.807, 2.05) is 110 Å². The van der Waals surface area contributed by atoms with Crippen molar-refractivity contribution in [2.45, 2.75) is 0 Å². The number of para-hydroxylation sites is 3. The van der Waals surface area contributed by atoms with Gasteiger partial charge < -0.3 is 27.5 Å². The van der Waals surface area contributed by atoms with Crippen molar-refractivity contribution in [3.63, 3.8) is 0 Å². The van der Waals surface area contributed by atoms with E-state index in [1.165, 1.54) is 0 Å². The Hall–Kier alpha value is -8.37. The fraction of sp³-hybridized carbons (Fsp3) is 0. The second-order valence-corrected chi connectivity index (χ2v) is 15.8. The van der Waals surface area contributed by atoms with Crippen LogP contribution in [-0.2, 0) is 0 Å². The van der Waals surface area contributed by atoms with Gasteiger partial charge in [-0.1, -0.05) is 36.4 Å². The van der Waals surface area contributed by atoms with Crippen LogP contribution in [0.15, 0.2) is 159 Å². The highest BCUT2D eigenvalue weighted by atomic mass is 16.5. The van der Waals surface area contributed by atoms with E-state index in [0.29, 0.717) is 51.2 Å². The molecule has 0 spiro atoms. The van der Waals surface area contributed by atoms with E-state index in [9.17, 15) is 0 Å². The van der Waals surface area contributed by atoms with Gasteiger partial charge in [-0.25, -0.2) is 0 Å². The van der Waals surface area contributed by atoms with Gasteiger partial charge in [0.25, 0.3) is 6.71 Å². The fourth-order valence-electron chi connectivity index (χ4n) is 9.91. The maximum absolute atomic E-state index is 7.01. The highest BCUT2D eigenvalue weighted by Gasteiger charge is 2.47. The van der Waals surface area contributed by atoms with Crippen LogP contribution in [0.3, 0.4) is 0 Å². The molecule has 3 aliphatic heterocycles. The Morgan fingerprint density at radius 2 is 0.639 bits per heavy atom. The SMILES string of the molecule is c1ccc2c(c1)oc1c(-c3cc4c5c(c3)Oc3cc(-c6ccnc7c6oc6ccccc67)cc6c3B5c3c(cc(-c5ccnc7c5oc5ccccc57)cc3O6)O4)ccnc12. The summed E-state index contributed by atoms with van der Waals surface area (Å²) in [6, 6.07) is 42.4. The number of benzene rings is 6. The molecule has 0 fully saturated rings. The van der Waals surface area contributed by atoms with Gasteiger partial charge in [-0.3, -0.25) is 15.0 Å². The van der Waals surface area contributed by atoms with Gasteiger partial charge in [-0.2, -0.15) is 0 Å². The smallest absolute Gasteiger partial charge is 0.270 e. The molecule has 9 heterocycles. The molecule has 0 atom stereocenters. The van der Waals surface area contributed by atoms with Crippen molar-refractivity contribution in [2.75, 3.05) is 0 Å². The Labute approximate surface area is 344 Å². The van der Waals surface area contributed by atoms with Gasteiger partial charge in [-0.05, 0) is 108 Å². The summed E-state index contributed by atoms with van der Waals surface area (Å²) in [7, 11) is 0. The number of ether oxygens (including phenoxy) is 3. The minimum atomic E-state index is -0.232. The largest absolute Gasteiger partial charge is 0.458 e. The number of nitrogens with zero attached hydrogens (tertiary/aromatic N) is 3. The summed E-state index contributed by atoms with van der Waals surface area (Å²) in [5.41, 5.74) is 14.9. The fourth-order valence-corrected chi connectivity index (χ4v) is 9.91. The van der Waals surface area contributed by atoms with Crippen molar-refractivity contribution in [3.05, 3.63) is 146 Å². The Kier molecular flexibility index (Phi) is 5.81. The number of hydrogen-bond acceptors (Lipinski definition) is 9. The first-order valence-corrected chi connectivity index (χ1v) is 20.1. The molecule has 6 aromatic carbocycles. The molecule has 282 valence electrons. The predicted molar refractivity (Wildman–Crippen MR) is 236 cm³/mol. The van der Waals surface area contributed by atoms with Crippen LogP contribution in [0.1, 0.15) is 0 Å². The maximum atomic E-state index is 7.01. The number of pyridine rings is 3. The van der Waals surface area contributed by atoms with Crippen molar-refractivity contribution in [3.8, 4) is 67.9 Å². The van der Waals surface area contributed by atoms with E-state index in [-0.39, 0.29) is 6.71 Å². The van der Waals surface area contributed by atoms with Gasteiger partial charge >= 0.3 is 0 Å². The summed E-state index contributed by atoms with van der Waals surface area (Å²) >= 11 is 0. The van der Waals surface area contributed by atoms with Gasteiger partial charge in [0.05, 0.1) is 0 Å². The quantitative estimate of drug-likeness (QED) is 0.162. The summed E-state index contributed by atoms with van der Waals surface area (Å²) in [6.45, 7) is -0.232. The predicted octanol–water partition coefficient (Wildman–Crippen LogP) is 11.4. The second kappa shape index (κ2) is 11.2. The Bertz CT molecular complexity index is 3480. The van der Waals surface area contributed by atoms with Gasteiger partial charge in [-0.15, -0.1) is 0 Å². The Balaban J connectivity index is 0.984. The first kappa shape index (κ1) is 31.6. The number of rotatable bonds is 3. The monoisotopic (exact) mass is 785 g/mol. The lowest BCUT2D eigenvalue weighted by Crippen LogP contribution is -2.59. The van der Waals surface area contributed by atoms with Crippen molar-refractivity contribution in [2.24, 2.45) is 0 Å². The number of furan rings is 3. The summed E-state index contributed by atoms with van der Waals surface area (Å²) in [5, 5.41) is 2.88. The van der Waals surface area contributed by atoms with Crippen LogP contribution in [0, 0.1) is 0 Å². The van der Waals surface area contributed by atoms with Crippen LogP contribution < -0.4 is 30.6 Å². The van der Waals surface area contributed by atoms with E-state index in [1.54, 1.807) is 0 Å². The molecule has 0 aliphatic carbocycles. The summed E-state index contributed by atoms with van der Waals surface area (Å²) in [5.74, 6) is 4.16. The molecule has 61 heavy (non-hydrogen) atoms.